The standard InChI is InChI=1S/C26H23N3O/c1-19(22-10-12-24(13-11-22)23-6-4-3-5-7-23)30-26-16-21(8-9-25(26)17-27)18-29-15-14-28-20(29)2/h3-16,19H,18H2,1-2H3. The Hall–Kier alpha value is -3.84. The minimum atomic E-state index is -0.174. The number of ether oxygens (including phenoxy) is 1. The predicted molar refractivity (Wildman–Crippen MR) is 118 cm³/mol. The molecular weight excluding hydrogens is 370 g/mol. The molecule has 0 saturated carbocycles. The zero-order valence-electron chi connectivity index (χ0n) is 17.1. The molecule has 148 valence electrons. The smallest absolute Gasteiger partial charge is 0.138 e. The monoisotopic (exact) mass is 393 g/mol. The molecule has 3 aromatic carbocycles. The molecule has 0 radical (unpaired) electrons. The molecule has 30 heavy (non-hydrogen) atoms. The maximum atomic E-state index is 9.51. The number of nitrogens with zero attached hydrogens (tertiary/aromatic N) is 3. The van der Waals surface area contributed by atoms with Crippen LogP contribution in [0.25, 0.3) is 11.1 Å². The van der Waals surface area contributed by atoms with Crippen LogP contribution in [0.2, 0.25) is 0 Å². The fourth-order valence-electron chi connectivity index (χ4n) is 3.46. The van der Waals surface area contributed by atoms with Gasteiger partial charge in [0.2, 0.25) is 0 Å². The second kappa shape index (κ2) is 8.67. The maximum Gasteiger partial charge on any atom is 0.138 e. The summed E-state index contributed by atoms with van der Waals surface area (Å²) < 4.78 is 8.28. The van der Waals surface area contributed by atoms with Gasteiger partial charge in [0.15, 0.2) is 0 Å². The molecule has 1 unspecified atom stereocenters. The SMILES string of the molecule is Cc1nccn1Cc1ccc(C#N)c(OC(C)c2ccc(-c3ccccc3)cc2)c1. The fraction of sp³-hybridized carbons (Fsp3) is 0.154. The van der Waals surface area contributed by atoms with Gasteiger partial charge in [-0.05, 0) is 48.2 Å². The average molecular weight is 393 g/mol. The van der Waals surface area contributed by atoms with Crippen molar-refractivity contribution in [3.05, 3.63) is 108 Å². The Morgan fingerprint density at radius 3 is 2.40 bits per heavy atom. The van der Waals surface area contributed by atoms with Crippen LogP contribution in [0, 0.1) is 18.3 Å². The van der Waals surface area contributed by atoms with Crippen LogP contribution in [0.5, 0.6) is 5.75 Å². The Morgan fingerprint density at radius 1 is 1.00 bits per heavy atom. The van der Waals surface area contributed by atoms with E-state index in [1.54, 1.807) is 6.20 Å². The van der Waals surface area contributed by atoms with Crippen molar-refractivity contribution in [3.63, 3.8) is 0 Å². The van der Waals surface area contributed by atoms with Crippen molar-refractivity contribution in [1.29, 1.82) is 5.26 Å². The normalized spacial score (nSPS) is 11.6. The number of aryl methyl sites for hydroxylation is 1. The van der Waals surface area contributed by atoms with Crippen LogP contribution in [0.15, 0.2) is 85.2 Å². The van der Waals surface area contributed by atoms with Crippen LogP contribution < -0.4 is 4.74 Å². The van der Waals surface area contributed by atoms with E-state index in [4.69, 9.17) is 4.74 Å². The minimum absolute atomic E-state index is 0.174. The lowest BCUT2D eigenvalue weighted by Gasteiger charge is -2.17. The van der Waals surface area contributed by atoms with Crippen molar-refractivity contribution in [2.75, 3.05) is 0 Å². The summed E-state index contributed by atoms with van der Waals surface area (Å²) in [4.78, 5) is 4.27. The third kappa shape index (κ3) is 4.26. The summed E-state index contributed by atoms with van der Waals surface area (Å²) in [6.07, 6.45) is 3.56. The molecule has 4 aromatic rings. The van der Waals surface area contributed by atoms with Gasteiger partial charge in [-0.1, -0.05) is 60.7 Å². The van der Waals surface area contributed by atoms with Gasteiger partial charge in [-0.2, -0.15) is 5.26 Å². The molecule has 4 nitrogen and oxygen atoms in total. The lowest BCUT2D eigenvalue weighted by molar-refractivity contribution is 0.226. The van der Waals surface area contributed by atoms with Gasteiger partial charge in [0.25, 0.3) is 0 Å². The molecule has 0 amide bonds. The van der Waals surface area contributed by atoms with Crippen molar-refractivity contribution in [3.8, 4) is 22.9 Å². The van der Waals surface area contributed by atoms with E-state index >= 15 is 0 Å². The molecule has 0 aliphatic rings. The largest absolute Gasteiger partial charge is 0.485 e. The number of nitriles is 1. The average Bonchev–Trinajstić information content (AvgIpc) is 3.19. The number of aromatic nitrogens is 2. The zero-order chi connectivity index (χ0) is 20.9. The highest BCUT2D eigenvalue weighted by Crippen LogP contribution is 2.28. The summed E-state index contributed by atoms with van der Waals surface area (Å²) in [5, 5.41) is 9.51. The maximum absolute atomic E-state index is 9.51. The summed E-state index contributed by atoms with van der Waals surface area (Å²) in [6, 6.07) is 26.6. The molecule has 4 heteroatoms. The lowest BCUT2D eigenvalue weighted by atomic mass is 10.0. The molecule has 1 aromatic heterocycles. The van der Waals surface area contributed by atoms with Gasteiger partial charge in [-0.25, -0.2) is 4.98 Å². The molecule has 0 aliphatic carbocycles. The Labute approximate surface area is 177 Å². The lowest BCUT2D eigenvalue weighted by Crippen LogP contribution is -2.06. The van der Waals surface area contributed by atoms with Crippen LogP contribution in [0.3, 0.4) is 0 Å². The first-order valence-electron chi connectivity index (χ1n) is 9.97. The van der Waals surface area contributed by atoms with E-state index in [0.29, 0.717) is 17.9 Å². The van der Waals surface area contributed by atoms with Gasteiger partial charge in [-0.3, -0.25) is 0 Å². The van der Waals surface area contributed by atoms with Crippen LogP contribution in [0.1, 0.15) is 35.5 Å². The highest BCUT2D eigenvalue weighted by Gasteiger charge is 2.12. The predicted octanol–water partition coefficient (Wildman–Crippen LogP) is 5.92. The van der Waals surface area contributed by atoms with Crippen molar-refractivity contribution in [1.82, 2.24) is 9.55 Å². The molecular formula is C26H23N3O. The van der Waals surface area contributed by atoms with E-state index in [1.807, 2.05) is 56.4 Å². The van der Waals surface area contributed by atoms with Crippen LogP contribution in [-0.4, -0.2) is 9.55 Å². The van der Waals surface area contributed by atoms with Crippen molar-refractivity contribution < 1.29 is 4.74 Å². The van der Waals surface area contributed by atoms with E-state index in [0.717, 1.165) is 17.0 Å². The third-order valence-corrected chi connectivity index (χ3v) is 5.23. The third-order valence-electron chi connectivity index (χ3n) is 5.23. The number of benzene rings is 3. The minimum Gasteiger partial charge on any atom is -0.485 e. The molecule has 0 spiro atoms. The van der Waals surface area contributed by atoms with Crippen LogP contribution in [0.4, 0.5) is 0 Å². The topological polar surface area (TPSA) is 50.8 Å². The van der Waals surface area contributed by atoms with E-state index in [1.165, 1.54) is 11.1 Å². The Balaban J connectivity index is 1.53. The number of hydrogen-bond acceptors (Lipinski definition) is 3. The van der Waals surface area contributed by atoms with Crippen LogP contribution >= 0.6 is 0 Å². The molecule has 0 aliphatic heterocycles. The summed E-state index contributed by atoms with van der Waals surface area (Å²) >= 11 is 0. The van der Waals surface area contributed by atoms with E-state index in [-0.39, 0.29) is 6.10 Å². The van der Waals surface area contributed by atoms with Crippen LogP contribution in [-0.2, 0) is 6.54 Å². The van der Waals surface area contributed by atoms with Crippen molar-refractivity contribution in [2.24, 2.45) is 0 Å². The molecule has 0 saturated heterocycles. The second-order valence-electron chi connectivity index (χ2n) is 7.29. The first-order chi connectivity index (χ1) is 14.6. The van der Waals surface area contributed by atoms with Crippen molar-refractivity contribution >= 4 is 0 Å². The van der Waals surface area contributed by atoms with E-state index < -0.39 is 0 Å². The highest BCUT2D eigenvalue weighted by atomic mass is 16.5. The fourth-order valence-corrected chi connectivity index (χ4v) is 3.46. The molecule has 0 bridgehead atoms. The van der Waals surface area contributed by atoms with Gasteiger partial charge in [0.1, 0.15) is 23.7 Å². The molecule has 4 rings (SSSR count). The van der Waals surface area contributed by atoms with Gasteiger partial charge < -0.3 is 9.30 Å². The van der Waals surface area contributed by atoms with Crippen molar-refractivity contribution in [2.45, 2.75) is 26.5 Å². The van der Waals surface area contributed by atoms with Gasteiger partial charge in [0, 0.05) is 18.9 Å². The molecule has 1 atom stereocenters. The Kier molecular flexibility index (Phi) is 5.63. The van der Waals surface area contributed by atoms with E-state index in [2.05, 4.69) is 52.0 Å². The number of imidazole rings is 1. The van der Waals surface area contributed by atoms with Gasteiger partial charge in [0.05, 0.1) is 5.56 Å². The van der Waals surface area contributed by atoms with Gasteiger partial charge >= 0.3 is 0 Å². The molecule has 0 fully saturated rings. The number of rotatable bonds is 6. The summed E-state index contributed by atoms with van der Waals surface area (Å²) in [7, 11) is 0. The molecule has 1 heterocycles. The summed E-state index contributed by atoms with van der Waals surface area (Å²) in [6.45, 7) is 4.67. The highest BCUT2D eigenvalue weighted by molar-refractivity contribution is 5.63. The Bertz CT molecular complexity index is 1170. The molecule has 0 N–H and O–H groups in total. The first-order valence-corrected chi connectivity index (χ1v) is 9.97. The first kappa shape index (κ1) is 19.5. The zero-order valence-corrected chi connectivity index (χ0v) is 17.1. The quantitative estimate of drug-likeness (QED) is 0.409. The van der Waals surface area contributed by atoms with E-state index in [9.17, 15) is 5.26 Å². The second-order valence-corrected chi connectivity index (χ2v) is 7.29. The number of hydrogen-bond donors (Lipinski definition) is 0. The van der Waals surface area contributed by atoms with Gasteiger partial charge in [-0.15, -0.1) is 0 Å². The summed E-state index contributed by atoms with van der Waals surface area (Å²) in [5.41, 5.74) is 5.02. The Morgan fingerprint density at radius 2 is 1.73 bits per heavy atom. The summed E-state index contributed by atoms with van der Waals surface area (Å²) in [5.74, 6) is 1.56.